The predicted molar refractivity (Wildman–Crippen MR) is 87.3 cm³/mol. The van der Waals surface area contributed by atoms with E-state index in [9.17, 15) is 9.90 Å². The minimum atomic E-state index is 0.0689. The Morgan fingerprint density at radius 2 is 1.91 bits per heavy atom. The molecule has 3 saturated carbocycles. The van der Waals surface area contributed by atoms with Gasteiger partial charge in [0.05, 0.1) is 0 Å². The van der Waals surface area contributed by atoms with E-state index >= 15 is 0 Å². The number of carbonyl (C=O) groups is 1. The second-order valence-electron chi connectivity index (χ2n) is 9.05. The molecule has 0 aliphatic heterocycles. The topological polar surface area (TPSA) is 37.3 Å². The number of allylic oxidation sites excluding steroid dienone is 2. The fraction of sp³-hybridized carbons (Fsp3) is 0.850. The van der Waals surface area contributed by atoms with Gasteiger partial charge in [0.2, 0.25) is 0 Å². The molecular weight excluding hydrogens is 272 g/mol. The zero-order valence-corrected chi connectivity index (χ0v) is 14.3. The van der Waals surface area contributed by atoms with Gasteiger partial charge in [0, 0.05) is 18.4 Å². The maximum atomic E-state index is 12.6. The van der Waals surface area contributed by atoms with E-state index in [0.29, 0.717) is 30.1 Å². The Kier molecular flexibility index (Phi) is 3.18. The third kappa shape index (κ3) is 1.58. The molecule has 0 heterocycles. The van der Waals surface area contributed by atoms with E-state index in [-0.39, 0.29) is 10.8 Å². The number of ketones is 1. The van der Waals surface area contributed by atoms with E-state index in [2.05, 4.69) is 20.8 Å². The number of Topliss-reactive ketones (excluding diaryl/α,β-unsaturated/α-hetero) is 1. The first-order valence-corrected chi connectivity index (χ1v) is 9.27. The molecule has 0 aromatic carbocycles. The van der Waals surface area contributed by atoms with Crippen LogP contribution in [0.15, 0.2) is 11.1 Å². The SMILES string of the molecule is CC1=C2CC3CC(CO)C(C4CCCC4)C2(CC1=O)C3(C)C. The van der Waals surface area contributed by atoms with Gasteiger partial charge in [0.1, 0.15) is 0 Å². The molecule has 22 heavy (non-hydrogen) atoms. The minimum Gasteiger partial charge on any atom is -0.396 e. The lowest BCUT2D eigenvalue weighted by molar-refractivity contribution is -0.126. The molecule has 2 bridgehead atoms. The highest BCUT2D eigenvalue weighted by Gasteiger charge is 2.69. The Labute approximate surface area is 134 Å². The molecule has 4 aliphatic rings. The first-order valence-electron chi connectivity index (χ1n) is 9.27. The van der Waals surface area contributed by atoms with Crippen molar-refractivity contribution < 1.29 is 9.90 Å². The van der Waals surface area contributed by atoms with Gasteiger partial charge in [-0.25, -0.2) is 0 Å². The average Bonchev–Trinajstić information content (AvgIpc) is 3.09. The van der Waals surface area contributed by atoms with Crippen LogP contribution in [0.25, 0.3) is 0 Å². The second kappa shape index (κ2) is 4.69. The Hall–Kier alpha value is -0.630. The molecule has 2 heteroatoms. The summed E-state index contributed by atoms with van der Waals surface area (Å²) in [5, 5.41) is 10.1. The van der Waals surface area contributed by atoms with E-state index < -0.39 is 0 Å². The summed E-state index contributed by atoms with van der Waals surface area (Å²) in [7, 11) is 0. The number of aliphatic hydroxyl groups excluding tert-OH is 1. The number of carbonyl (C=O) groups excluding carboxylic acids is 1. The number of rotatable bonds is 2. The lowest BCUT2D eigenvalue weighted by Crippen LogP contribution is -2.53. The molecule has 4 aliphatic carbocycles. The fourth-order valence-corrected chi connectivity index (χ4v) is 7.15. The molecule has 4 rings (SSSR count). The standard InChI is InChI=1S/C20H30O2/c1-12-16-9-15-8-14(11-21)18(13-6-4-5-7-13)20(16,10-17(12)22)19(15,2)3/h13-15,18,21H,4-11H2,1-3H3. The van der Waals surface area contributed by atoms with Crippen LogP contribution in [0, 0.1) is 34.5 Å². The van der Waals surface area contributed by atoms with Crippen LogP contribution in [0.3, 0.4) is 0 Å². The number of fused-ring (bicyclic) bond motifs is 1. The Bertz CT molecular complexity index is 538. The van der Waals surface area contributed by atoms with Gasteiger partial charge in [0.15, 0.2) is 5.78 Å². The largest absolute Gasteiger partial charge is 0.396 e. The smallest absolute Gasteiger partial charge is 0.159 e. The molecule has 2 nitrogen and oxygen atoms in total. The highest BCUT2D eigenvalue weighted by Crippen LogP contribution is 2.74. The highest BCUT2D eigenvalue weighted by molar-refractivity contribution is 6.00. The second-order valence-corrected chi connectivity index (χ2v) is 9.05. The van der Waals surface area contributed by atoms with Crippen molar-refractivity contribution in [2.45, 2.75) is 65.7 Å². The molecule has 3 fully saturated rings. The quantitative estimate of drug-likeness (QED) is 0.833. The van der Waals surface area contributed by atoms with Crippen molar-refractivity contribution in [3.8, 4) is 0 Å². The van der Waals surface area contributed by atoms with Crippen molar-refractivity contribution in [3.05, 3.63) is 11.1 Å². The third-order valence-corrected chi connectivity index (χ3v) is 8.28. The van der Waals surface area contributed by atoms with Crippen molar-refractivity contribution in [2.24, 2.45) is 34.5 Å². The van der Waals surface area contributed by atoms with E-state index in [4.69, 9.17) is 0 Å². The van der Waals surface area contributed by atoms with Gasteiger partial charge < -0.3 is 5.11 Å². The molecule has 122 valence electrons. The van der Waals surface area contributed by atoms with Gasteiger partial charge in [-0.05, 0) is 54.4 Å². The molecule has 1 N–H and O–H groups in total. The normalized spacial score (nSPS) is 44.0. The van der Waals surface area contributed by atoms with Gasteiger partial charge in [-0.2, -0.15) is 0 Å². The van der Waals surface area contributed by atoms with E-state index in [0.717, 1.165) is 30.8 Å². The fourth-order valence-electron chi connectivity index (χ4n) is 7.15. The van der Waals surface area contributed by atoms with Crippen molar-refractivity contribution in [1.29, 1.82) is 0 Å². The predicted octanol–water partition coefficient (Wildman–Crippen LogP) is 4.13. The third-order valence-electron chi connectivity index (χ3n) is 8.28. The highest BCUT2D eigenvalue weighted by atomic mass is 16.3. The van der Waals surface area contributed by atoms with Crippen LogP contribution in [0.1, 0.15) is 65.7 Å². The van der Waals surface area contributed by atoms with E-state index in [1.165, 1.54) is 31.3 Å². The van der Waals surface area contributed by atoms with Crippen LogP contribution in [-0.2, 0) is 4.79 Å². The molecule has 0 amide bonds. The van der Waals surface area contributed by atoms with Crippen molar-refractivity contribution in [2.75, 3.05) is 6.61 Å². The monoisotopic (exact) mass is 302 g/mol. The molecule has 0 aromatic heterocycles. The van der Waals surface area contributed by atoms with Crippen LogP contribution in [-0.4, -0.2) is 17.5 Å². The van der Waals surface area contributed by atoms with Crippen LogP contribution < -0.4 is 0 Å². The zero-order valence-electron chi connectivity index (χ0n) is 14.3. The van der Waals surface area contributed by atoms with Gasteiger partial charge in [-0.1, -0.05) is 45.1 Å². The summed E-state index contributed by atoms with van der Waals surface area (Å²) in [6.07, 6.45) is 8.31. The summed E-state index contributed by atoms with van der Waals surface area (Å²) in [4.78, 5) is 12.6. The van der Waals surface area contributed by atoms with Crippen LogP contribution >= 0.6 is 0 Å². The Morgan fingerprint density at radius 3 is 2.55 bits per heavy atom. The molecule has 0 aromatic rings. The number of aliphatic hydroxyl groups is 1. The maximum Gasteiger partial charge on any atom is 0.159 e. The molecule has 0 saturated heterocycles. The maximum absolute atomic E-state index is 12.6. The lowest BCUT2D eigenvalue weighted by Gasteiger charge is -2.57. The first kappa shape index (κ1) is 14.9. The molecule has 4 unspecified atom stereocenters. The summed E-state index contributed by atoms with van der Waals surface area (Å²) >= 11 is 0. The van der Waals surface area contributed by atoms with Gasteiger partial charge in [-0.15, -0.1) is 0 Å². The summed E-state index contributed by atoms with van der Waals surface area (Å²) in [6, 6.07) is 0. The van der Waals surface area contributed by atoms with E-state index in [1.54, 1.807) is 0 Å². The summed E-state index contributed by atoms with van der Waals surface area (Å²) < 4.78 is 0. The average molecular weight is 302 g/mol. The molecular formula is C20H30O2. The van der Waals surface area contributed by atoms with Crippen LogP contribution in [0.4, 0.5) is 0 Å². The number of hydrogen-bond donors (Lipinski definition) is 1. The van der Waals surface area contributed by atoms with E-state index in [1.807, 2.05) is 0 Å². The van der Waals surface area contributed by atoms with Crippen molar-refractivity contribution >= 4 is 5.78 Å². The molecule has 1 spiro atoms. The Morgan fingerprint density at radius 1 is 1.23 bits per heavy atom. The van der Waals surface area contributed by atoms with Gasteiger partial charge >= 0.3 is 0 Å². The Balaban J connectivity index is 1.89. The lowest BCUT2D eigenvalue weighted by atomic mass is 9.47. The summed E-state index contributed by atoms with van der Waals surface area (Å²) in [6.45, 7) is 7.23. The van der Waals surface area contributed by atoms with Gasteiger partial charge in [-0.3, -0.25) is 4.79 Å². The van der Waals surface area contributed by atoms with Crippen molar-refractivity contribution in [3.63, 3.8) is 0 Å². The molecule has 0 radical (unpaired) electrons. The van der Waals surface area contributed by atoms with Gasteiger partial charge in [0.25, 0.3) is 0 Å². The van der Waals surface area contributed by atoms with Crippen molar-refractivity contribution in [1.82, 2.24) is 0 Å². The molecule has 4 atom stereocenters. The van der Waals surface area contributed by atoms with Crippen LogP contribution in [0.2, 0.25) is 0 Å². The first-order chi connectivity index (χ1) is 10.4. The van der Waals surface area contributed by atoms with Crippen LogP contribution in [0.5, 0.6) is 0 Å². The minimum absolute atomic E-state index is 0.0689. The number of hydrogen-bond acceptors (Lipinski definition) is 2. The summed E-state index contributed by atoms with van der Waals surface area (Å²) in [5.74, 6) is 2.72. The summed E-state index contributed by atoms with van der Waals surface area (Å²) in [5.41, 5.74) is 2.87. The zero-order chi connectivity index (χ0) is 15.7.